The van der Waals surface area contributed by atoms with Crippen molar-refractivity contribution in [3.63, 3.8) is 0 Å². The molecule has 0 fully saturated rings. The van der Waals surface area contributed by atoms with Gasteiger partial charge in [-0.05, 0) is 88.6 Å². The molecule has 1 heterocycles. The lowest BCUT2D eigenvalue weighted by molar-refractivity contribution is -0.128. The van der Waals surface area contributed by atoms with E-state index in [-0.39, 0.29) is 18.4 Å². The molecule has 0 bridgehead atoms. The Morgan fingerprint density at radius 3 is 2.39 bits per heavy atom. The Bertz CT molecular complexity index is 1440. The summed E-state index contributed by atoms with van der Waals surface area (Å²) in [5.41, 5.74) is 4.23. The molecule has 8 heteroatoms. The van der Waals surface area contributed by atoms with Gasteiger partial charge in [0.05, 0.1) is 12.1 Å². The Kier molecular flexibility index (Phi) is 7.80. The zero-order valence-corrected chi connectivity index (χ0v) is 22.9. The molecule has 198 valence electrons. The highest BCUT2D eigenvalue weighted by Crippen LogP contribution is 2.33. The number of hydrogen-bond acceptors (Lipinski definition) is 5. The minimum absolute atomic E-state index is 0.0791. The molecule has 2 amide bonds. The van der Waals surface area contributed by atoms with Crippen molar-refractivity contribution in [2.45, 2.75) is 59.7 Å². The number of para-hydroxylation sites is 1. The van der Waals surface area contributed by atoms with Crippen molar-refractivity contribution in [3.8, 4) is 5.75 Å². The van der Waals surface area contributed by atoms with Crippen molar-refractivity contribution < 1.29 is 14.3 Å². The lowest BCUT2D eigenvalue weighted by atomic mass is 9.98. The van der Waals surface area contributed by atoms with Gasteiger partial charge in [0, 0.05) is 11.2 Å². The van der Waals surface area contributed by atoms with Crippen LogP contribution in [0.1, 0.15) is 50.4 Å². The zero-order valence-electron chi connectivity index (χ0n) is 22.9. The molecule has 4 rings (SSSR count). The minimum atomic E-state index is -0.923. The summed E-state index contributed by atoms with van der Waals surface area (Å²) in [6, 6.07) is 19.7. The van der Waals surface area contributed by atoms with Crippen molar-refractivity contribution >= 4 is 28.5 Å². The van der Waals surface area contributed by atoms with Gasteiger partial charge in [-0.25, -0.2) is 4.68 Å². The highest BCUT2D eigenvalue weighted by atomic mass is 16.5. The first kappa shape index (κ1) is 26.9. The third kappa shape index (κ3) is 5.85. The Labute approximate surface area is 223 Å². The van der Waals surface area contributed by atoms with E-state index in [0.29, 0.717) is 29.1 Å². The number of nitrogens with zero attached hydrogens (tertiary/aromatic N) is 4. The van der Waals surface area contributed by atoms with E-state index in [1.54, 1.807) is 9.58 Å². The van der Waals surface area contributed by atoms with Crippen molar-refractivity contribution in [2.75, 3.05) is 11.5 Å². The number of nitrogens with one attached hydrogen (secondary N) is 1. The molecular formula is C30H35N5O3. The highest BCUT2D eigenvalue weighted by Gasteiger charge is 2.35. The number of benzene rings is 3. The molecule has 0 aliphatic heterocycles. The molecule has 4 aromatic rings. The monoisotopic (exact) mass is 513 g/mol. The molecule has 0 aliphatic carbocycles. The van der Waals surface area contributed by atoms with E-state index in [2.05, 4.69) is 15.6 Å². The van der Waals surface area contributed by atoms with Gasteiger partial charge in [0.15, 0.2) is 0 Å². The topological polar surface area (TPSA) is 89.4 Å². The standard InChI is InChI=1S/C30H35N5O3/c1-7-38-23-17-15-22(16-18-23)28(29(37)31-30(4,5)6)35(25-14-10-11-20(2)21(25)3)27(36)19-34-26-13-9-8-12-24(26)32-33-34/h8-18,28H,7,19H2,1-6H3,(H,31,37). The van der Waals surface area contributed by atoms with Crippen LogP contribution in [0, 0.1) is 13.8 Å². The highest BCUT2D eigenvalue weighted by molar-refractivity contribution is 6.02. The number of fused-ring (bicyclic) bond motifs is 1. The fraction of sp³-hybridized carbons (Fsp3) is 0.333. The van der Waals surface area contributed by atoms with Crippen LogP contribution in [0.5, 0.6) is 5.75 Å². The summed E-state index contributed by atoms with van der Waals surface area (Å²) < 4.78 is 7.20. The predicted molar refractivity (Wildman–Crippen MR) is 149 cm³/mol. The van der Waals surface area contributed by atoms with Crippen LogP contribution in [0.25, 0.3) is 11.0 Å². The molecule has 3 aromatic carbocycles. The summed E-state index contributed by atoms with van der Waals surface area (Å²) in [6.45, 7) is 12.1. The second-order valence-corrected chi connectivity index (χ2v) is 10.4. The average Bonchev–Trinajstić information content (AvgIpc) is 3.27. The van der Waals surface area contributed by atoms with Crippen molar-refractivity contribution in [3.05, 3.63) is 83.4 Å². The molecule has 38 heavy (non-hydrogen) atoms. The van der Waals surface area contributed by atoms with Gasteiger partial charge >= 0.3 is 0 Å². The summed E-state index contributed by atoms with van der Waals surface area (Å²) in [4.78, 5) is 29.7. The van der Waals surface area contributed by atoms with Crippen LogP contribution in [-0.2, 0) is 16.1 Å². The van der Waals surface area contributed by atoms with Crippen LogP contribution < -0.4 is 15.0 Å². The second-order valence-electron chi connectivity index (χ2n) is 10.4. The zero-order chi connectivity index (χ0) is 27.4. The molecule has 1 unspecified atom stereocenters. The lowest BCUT2D eigenvalue weighted by Gasteiger charge is -2.35. The maximum Gasteiger partial charge on any atom is 0.249 e. The molecule has 1 N–H and O–H groups in total. The third-order valence-electron chi connectivity index (χ3n) is 6.32. The minimum Gasteiger partial charge on any atom is -0.494 e. The van der Waals surface area contributed by atoms with Gasteiger partial charge in [0.1, 0.15) is 23.9 Å². The van der Waals surface area contributed by atoms with Gasteiger partial charge < -0.3 is 10.1 Å². The SMILES string of the molecule is CCOc1ccc(C(C(=O)NC(C)(C)C)N(C(=O)Cn2nnc3ccccc32)c2cccc(C)c2C)cc1. The Morgan fingerprint density at radius 1 is 1.00 bits per heavy atom. The predicted octanol–water partition coefficient (Wildman–Crippen LogP) is 5.14. The maximum atomic E-state index is 14.2. The van der Waals surface area contributed by atoms with Crippen molar-refractivity contribution in [1.82, 2.24) is 20.3 Å². The fourth-order valence-electron chi connectivity index (χ4n) is 4.42. The number of aromatic nitrogens is 3. The van der Waals surface area contributed by atoms with Crippen LogP contribution in [-0.4, -0.2) is 39.0 Å². The van der Waals surface area contributed by atoms with Gasteiger partial charge in [-0.2, -0.15) is 0 Å². The van der Waals surface area contributed by atoms with Crippen LogP contribution in [0.4, 0.5) is 5.69 Å². The second kappa shape index (κ2) is 11.0. The molecule has 0 radical (unpaired) electrons. The molecule has 1 atom stereocenters. The van der Waals surface area contributed by atoms with Crippen molar-refractivity contribution in [1.29, 1.82) is 0 Å². The van der Waals surface area contributed by atoms with E-state index < -0.39 is 11.6 Å². The molecule has 0 aliphatic rings. The first-order chi connectivity index (χ1) is 18.1. The van der Waals surface area contributed by atoms with E-state index in [4.69, 9.17) is 4.74 Å². The van der Waals surface area contributed by atoms with E-state index in [1.807, 2.05) is 108 Å². The number of carbonyl (C=O) groups is 2. The summed E-state index contributed by atoms with van der Waals surface area (Å²) in [6.07, 6.45) is 0. The first-order valence-corrected chi connectivity index (χ1v) is 12.8. The van der Waals surface area contributed by atoms with Crippen LogP contribution >= 0.6 is 0 Å². The largest absolute Gasteiger partial charge is 0.494 e. The Morgan fingerprint density at radius 2 is 1.71 bits per heavy atom. The third-order valence-corrected chi connectivity index (χ3v) is 6.32. The number of ether oxygens (including phenoxy) is 1. The van der Waals surface area contributed by atoms with Crippen LogP contribution in [0.15, 0.2) is 66.7 Å². The summed E-state index contributed by atoms with van der Waals surface area (Å²) >= 11 is 0. The fourth-order valence-corrected chi connectivity index (χ4v) is 4.42. The Balaban J connectivity index is 1.85. The first-order valence-electron chi connectivity index (χ1n) is 12.8. The summed E-state index contributed by atoms with van der Waals surface area (Å²) in [7, 11) is 0. The van der Waals surface area contributed by atoms with E-state index in [9.17, 15) is 9.59 Å². The van der Waals surface area contributed by atoms with Gasteiger partial charge in [-0.15, -0.1) is 5.10 Å². The van der Waals surface area contributed by atoms with Gasteiger partial charge in [0.2, 0.25) is 11.8 Å². The van der Waals surface area contributed by atoms with Crippen LogP contribution in [0.3, 0.4) is 0 Å². The molecule has 8 nitrogen and oxygen atoms in total. The number of hydrogen-bond donors (Lipinski definition) is 1. The van der Waals surface area contributed by atoms with E-state index in [0.717, 1.165) is 16.6 Å². The van der Waals surface area contributed by atoms with E-state index >= 15 is 0 Å². The number of rotatable bonds is 8. The molecular weight excluding hydrogens is 478 g/mol. The number of anilines is 1. The summed E-state index contributed by atoms with van der Waals surface area (Å²) in [5.74, 6) is 0.140. The quantitative estimate of drug-likeness (QED) is 0.353. The number of aryl methyl sites for hydroxylation is 1. The van der Waals surface area contributed by atoms with Gasteiger partial charge in [0.25, 0.3) is 0 Å². The van der Waals surface area contributed by atoms with Gasteiger partial charge in [-0.1, -0.05) is 41.6 Å². The van der Waals surface area contributed by atoms with Gasteiger partial charge in [-0.3, -0.25) is 14.5 Å². The normalized spacial score (nSPS) is 12.3. The smallest absolute Gasteiger partial charge is 0.249 e. The summed E-state index contributed by atoms with van der Waals surface area (Å²) in [5, 5.41) is 11.5. The molecule has 0 saturated heterocycles. The van der Waals surface area contributed by atoms with E-state index in [1.165, 1.54) is 0 Å². The Hall–Kier alpha value is -4.20. The van der Waals surface area contributed by atoms with Crippen molar-refractivity contribution in [2.24, 2.45) is 0 Å². The maximum absolute atomic E-state index is 14.2. The number of amides is 2. The molecule has 0 saturated carbocycles. The molecule has 1 aromatic heterocycles. The lowest BCUT2D eigenvalue weighted by Crippen LogP contribution is -2.50. The van der Waals surface area contributed by atoms with Crippen LogP contribution in [0.2, 0.25) is 0 Å². The average molecular weight is 514 g/mol. The molecule has 0 spiro atoms. The number of carbonyl (C=O) groups excluding carboxylic acids is 2.